The molecule has 2 atom stereocenters. The largest absolute Gasteiger partial charge is 0.377 e. The summed E-state index contributed by atoms with van der Waals surface area (Å²) in [6.07, 6.45) is 2.31. The van der Waals surface area contributed by atoms with E-state index in [4.69, 9.17) is 16.3 Å². The maximum Gasteiger partial charge on any atom is 0.214 e. The van der Waals surface area contributed by atoms with E-state index in [9.17, 15) is 8.42 Å². The minimum absolute atomic E-state index is 0.0691. The van der Waals surface area contributed by atoms with E-state index in [0.717, 1.165) is 12.8 Å². The molecule has 0 aliphatic carbocycles. The molecule has 1 heterocycles. The third-order valence-electron chi connectivity index (χ3n) is 2.35. The van der Waals surface area contributed by atoms with Crippen LogP contribution in [0, 0.1) is 0 Å². The van der Waals surface area contributed by atoms with E-state index < -0.39 is 10.0 Å². The summed E-state index contributed by atoms with van der Waals surface area (Å²) < 4.78 is 31.2. The van der Waals surface area contributed by atoms with Gasteiger partial charge in [-0.15, -0.1) is 11.6 Å². The molecule has 0 aromatic heterocycles. The molecular weight excluding hydrogens is 238 g/mol. The Labute approximate surface area is 96.4 Å². The maximum atomic E-state index is 11.6. The summed E-state index contributed by atoms with van der Waals surface area (Å²) in [5.74, 6) is 0.531. The predicted octanol–water partition coefficient (Wildman–Crippen LogP) is 1.10. The topological polar surface area (TPSA) is 55.4 Å². The number of hydrogen-bond donors (Lipinski definition) is 1. The van der Waals surface area contributed by atoms with E-state index >= 15 is 0 Å². The van der Waals surface area contributed by atoms with Crippen LogP contribution in [0.1, 0.15) is 26.2 Å². The number of alkyl halides is 1. The summed E-state index contributed by atoms with van der Waals surface area (Å²) in [5, 5.41) is 0. The Morgan fingerprint density at radius 3 is 2.87 bits per heavy atom. The SMILES string of the molecule is CC(CCCl)NS(=O)(=O)CC1CCCO1. The number of nitrogens with one attached hydrogen (secondary N) is 1. The van der Waals surface area contributed by atoms with Crippen LogP contribution in [-0.2, 0) is 14.8 Å². The van der Waals surface area contributed by atoms with E-state index in [1.165, 1.54) is 0 Å². The summed E-state index contributed by atoms with van der Waals surface area (Å²) in [4.78, 5) is 0. The summed E-state index contributed by atoms with van der Waals surface area (Å²) in [6.45, 7) is 2.49. The molecule has 0 spiro atoms. The monoisotopic (exact) mass is 255 g/mol. The molecule has 0 amide bonds. The molecule has 1 aliphatic heterocycles. The molecule has 2 unspecified atom stereocenters. The molecule has 0 aromatic rings. The Kier molecular flexibility index (Phi) is 5.32. The number of ether oxygens (including phenoxy) is 1. The van der Waals surface area contributed by atoms with Crippen LogP contribution in [0.2, 0.25) is 0 Å². The van der Waals surface area contributed by atoms with Gasteiger partial charge in [-0.05, 0) is 26.2 Å². The van der Waals surface area contributed by atoms with Crippen molar-refractivity contribution in [1.82, 2.24) is 4.72 Å². The van der Waals surface area contributed by atoms with Crippen LogP contribution in [0.25, 0.3) is 0 Å². The van der Waals surface area contributed by atoms with E-state index in [0.29, 0.717) is 18.9 Å². The minimum Gasteiger partial charge on any atom is -0.377 e. The average molecular weight is 256 g/mol. The molecule has 0 bridgehead atoms. The first-order valence-corrected chi connectivity index (χ1v) is 7.40. The van der Waals surface area contributed by atoms with Gasteiger partial charge >= 0.3 is 0 Å². The van der Waals surface area contributed by atoms with Crippen LogP contribution < -0.4 is 4.72 Å². The molecule has 1 fully saturated rings. The van der Waals surface area contributed by atoms with Crippen molar-refractivity contribution in [1.29, 1.82) is 0 Å². The van der Waals surface area contributed by atoms with Crippen LogP contribution in [0.5, 0.6) is 0 Å². The lowest BCUT2D eigenvalue weighted by atomic mass is 10.3. The molecule has 90 valence electrons. The van der Waals surface area contributed by atoms with Crippen LogP contribution in [-0.4, -0.2) is 38.8 Å². The van der Waals surface area contributed by atoms with Gasteiger partial charge in [-0.2, -0.15) is 0 Å². The van der Waals surface area contributed by atoms with Gasteiger partial charge in [0.2, 0.25) is 10.0 Å². The van der Waals surface area contributed by atoms with Crippen LogP contribution >= 0.6 is 11.6 Å². The Bertz CT molecular complexity index is 275. The first-order valence-electron chi connectivity index (χ1n) is 5.21. The van der Waals surface area contributed by atoms with Crippen LogP contribution in [0.3, 0.4) is 0 Å². The first-order chi connectivity index (χ1) is 7.03. The van der Waals surface area contributed by atoms with Crippen LogP contribution in [0.4, 0.5) is 0 Å². The molecule has 1 saturated heterocycles. The molecule has 4 nitrogen and oxygen atoms in total. The van der Waals surface area contributed by atoms with Gasteiger partial charge < -0.3 is 4.74 Å². The fourth-order valence-electron chi connectivity index (χ4n) is 1.60. The highest BCUT2D eigenvalue weighted by atomic mass is 35.5. The summed E-state index contributed by atoms with van der Waals surface area (Å²) in [7, 11) is -3.22. The smallest absolute Gasteiger partial charge is 0.214 e. The second-order valence-electron chi connectivity index (χ2n) is 3.91. The lowest BCUT2D eigenvalue weighted by Gasteiger charge is -2.15. The lowest BCUT2D eigenvalue weighted by molar-refractivity contribution is 0.127. The van der Waals surface area contributed by atoms with Gasteiger partial charge in [-0.3, -0.25) is 0 Å². The molecular formula is C9H18ClNO3S. The van der Waals surface area contributed by atoms with Gasteiger partial charge in [0.15, 0.2) is 0 Å². The van der Waals surface area contributed by atoms with Gasteiger partial charge in [-0.1, -0.05) is 0 Å². The van der Waals surface area contributed by atoms with Crippen molar-refractivity contribution in [3.8, 4) is 0 Å². The zero-order chi connectivity index (χ0) is 11.3. The van der Waals surface area contributed by atoms with Gasteiger partial charge in [0, 0.05) is 18.5 Å². The minimum atomic E-state index is -3.22. The summed E-state index contributed by atoms with van der Waals surface area (Å²) in [6, 6.07) is -0.103. The number of sulfonamides is 1. The zero-order valence-corrected chi connectivity index (χ0v) is 10.5. The van der Waals surface area contributed by atoms with Crippen molar-refractivity contribution in [2.45, 2.75) is 38.3 Å². The zero-order valence-electron chi connectivity index (χ0n) is 8.91. The molecule has 1 rings (SSSR count). The van der Waals surface area contributed by atoms with Crippen molar-refractivity contribution in [3.05, 3.63) is 0 Å². The van der Waals surface area contributed by atoms with Crippen LogP contribution in [0.15, 0.2) is 0 Å². The maximum absolute atomic E-state index is 11.6. The average Bonchev–Trinajstić information content (AvgIpc) is 2.54. The second kappa shape index (κ2) is 6.03. The number of hydrogen-bond acceptors (Lipinski definition) is 3. The number of halogens is 1. The van der Waals surface area contributed by atoms with Gasteiger partial charge in [0.05, 0.1) is 11.9 Å². The van der Waals surface area contributed by atoms with E-state index in [2.05, 4.69) is 4.72 Å². The summed E-state index contributed by atoms with van der Waals surface area (Å²) in [5.41, 5.74) is 0. The highest BCUT2D eigenvalue weighted by molar-refractivity contribution is 7.89. The molecule has 6 heteroatoms. The van der Waals surface area contributed by atoms with E-state index in [1.807, 2.05) is 6.92 Å². The molecule has 1 N–H and O–H groups in total. The fourth-order valence-corrected chi connectivity index (χ4v) is 3.50. The Morgan fingerprint density at radius 2 is 2.33 bits per heavy atom. The quantitative estimate of drug-likeness (QED) is 0.724. The Hall–Kier alpha value is 0.160. The third-order valence-corrected chi connectivity index (χ3v) is 4.14. The summed E-state index contributed by atoms with van der Waals surface area (Å²) >= 11 is 5.54. The second-order valence-corrected chi connectivity index (χ2v) is 6.09. The highest BCUT2D eigenvalue weighted by Crippen LogP contribution is 2.13. The standard InChI is InChI=1S/C9H18ClNO3S/c1-8(4-5-10)11-15(12,13)7-9-3-2-6-14-9/h8-9,11H,2-7H2,1H3. The molecule has 0 saturated carbocycles. The Morgan fingerprint density at radius 1 is 1.60 bits per heavy atom. The van der Waals surface area contributed by atoms with E-state index in [1.54, 1.807) is 0 Å². The molecule has 1 aliphatic rings. The third kappa shape index (κ3) is 5.15. The molecule has 15 heavy (non-hydrogen) atoms. The van der Waals surface area contributed by atoms with Crippen molar-refractivity contribution >= 4 is 21.6 Å². The van der Waals surface area contributed by atoms with Crippen molar-refractivity contribution < 1.29 is 13.2 Å². The van der Waals surface area contributed by atoms with E-state index in [-0.39, 0.29) is 17.9 Å². The van der Waals surface area contributed by atoms with Crippen molar-refractivity contribution in [2.24, 2.45) is 0 Å². The number of rotatable bonds is 6. The molecule has 0 radical (unpaired) electrons. The fraction of sp³-hybridized carbons (Fsp3) is 1.00. The van der Waals surface area contributed by atoms with Crippen molar-refractivity contribution in [2.75, 3.05) is 18.2 Å². The molecule has 0 aromatic carbocycles. The van der Waals surface area contributed by atoms with Gasteiger partial charge in [0.25, 0.3) is 0 Å². The highest BCUT2D eigenvalue weighted by Gasteiger charge is 2.24. The first kappa shape index (κ1) is 13.2. The van der Waals surface area contributed by atoms with Crippen molar-refractivity contribution in [3.63, 3.8) is 0 Å². The normalized spacial score (nSPS) is 24.3. The Balaban J connectivity index is 2.37. The predicted molar refractivity (Wildman–Crippen MR) is 60.7 cm³/mol. The lowest BCUT2D eigenvalue weighted by Crippen LogP contribution is -2.37. The van der Waals surface area contributed by atoms with Gasteiger partial charge in [0.1, 0.15) is 0 Å². The van der Waals surface area contributed by atoms with Gasteiger partial charge in [-0.25, -0.2) is 13.1 Å².